The van der Waals surface area contributed by atoms with E-state index < -0.39 is 0 Å². The molecule has 3 aromatic rings. The van der Waals surface area contributed by atoms with Gasteiger partial charge in [-0.2, -0.15) is 0 Å². The Hall–Kier alpha value is -2.80. The number of hydrogen-bond donors (Lipinski definition) is 1. The molecule has 0 amide bonds. The van der Waals surface area contributed by atoms with E-state index in [0.717, 1.165) is 5.69 Å². The van der Waals surface area contributed by atoms with Gasteiger partial charge < -0.3 is 5.73 Å². The molecule has 0 fully saturated rings. The fourth-order valence-corrected chi connectivity index (χ4v) is 2.99. The van der Waals surface area contributed by atoms with Gasteiger partial charge in [-0.15, -0.1) is 0 Å². The zero-order valence-electron chi connectivity index (χ0n) is 11.6. The molecule has 0 saturated heterocycles. The molecule has 2 N–H and O–H groups in total. The van der Waals surface area contributed by atoms with E-state index in [0.29, 0.717) is 0 Å². The summed E-state index contributed by atoms with van der Waals surface area (Å²) in [6, 6.07) is 25.1. The average molecular weight is 269 g/mol. The van der Waals surface area contributed by atoms with Crippen molar-refractivity contribution in [3.05, 3.63) is 89.5 Å². The minimum absolute atomic E-state index is 0.806. The predicted octanol–water partition coefficient (Wildman–Crippen LogP) is 4.84. The Morgan fingerprint density at radius 3 is 2.10 bits per heavy atom. The molecule has 1 aliphatic carbocycles. The largest absolute Gasteiger partial charge is 0.399 e. The van der Waals surface area contributed by atoms with Crippen molar-refractivity contribution in [2.45, 2.75) is 0 Å². The summed E-state index contributed by atoms with van der Waals surface area (Å²) in [4.78, 5) is 0. The van der Waals surface area contributed by atoms with Crippen LogP contribution >= 0.6 is 0 Å². The number of fused-ring (bicyclic) bond motifs is 3. The topological polar surface area (TPSA) is 26.0 Å². The average Bonchev–Trinajstić information content (AvgIpc) is 2.82. The zero-order valence-corrected chi connectivity index (χ0v) is 11.6. The van der Waals surface area contributed by atoms with Crippen LogP contribution in [0, 0.1) is 0 Å². The van der Waals surface area contributed by atoms with Crippen LogP contribution in [0.15, 0.2) is 72.8 Å². The molecule has 4 rings (SSSR count). The molecule has 1 heteroatoms. The molecule has 1 aliphatic rings. The van der Waals surface area contributed by atoms with Crippen molar-refractivity contribution >= 4 is 17.3 Å². The monoisotopic (exact) mass is 269 g/mol. The summed E-state index contributed by atoms with van der Waals surface area (Å²) in [6.45, 7) is 0. The highest BCUT2D eigenvalue weighted by molar-refractivity contribution is 6.07. The van der Waals surface area contributed by atoms with E-state index in [-0.39, 0.29) is 0 Å². The lowest BCUT2D eigenvalue weighted by Crippen LogP contribution is -1.87. The number of hydrogen-bond acceptors (Lipinski definition) is 1. The summed E-state index contributed by atoms with van der Waals surface area (Å²) >= 11 is 0. The van der Waals surface area contributed by atoms with Gasteiger partial charge in [-0.3, -0.25) is 0 Å². The van der Waals surface area contributed by atoms with E-state index in [1.54, 1.807) is 0 Å². The lowest BCUT2D eigenvalue weighted by molar-refractivity contribution is 1.63. The van der Waals surface area contributed by atoms with E-state index >= 15 is 0 Å². The van der Waals surface area contributed by atoms with Crippen molar-refractivity contribution in [1.29, 1.82) is 0 Å². The van der Waals surface area contributed by atoms with Crippen molar-refractivity contribution in [3.63, 3.8) is 0 Å². The Morgan fingerprint density at radius 1 is 0.619 bits per heavy atom. The van der Waals surface area contributed by atoms with Gasteiger partial charge in [-0.25, -0.2) is 0 Å². The predicted molar refractivity (Wildman–Crippen MR) is 89.7 cm³/mol. The summed E-state index contributed by atoms with van der Waals surface area (Å²) in [5.74, 6) is 0. The van der Waals surface area contributed by atoms with Crippen LogP contribution in [0.25, 0.3) is 22.8 Å². The first-order valence-electron chi connectivity index (χ1n) is 7.09. The molecule has 100 valence electrons. The Bertz CT molecular complexity index is 845. The molecule has 0 heterocycles. The van der Waals surface area contributed by atoms with Gasteiger partial charge >= 0.3 is 0 Å². The molecule has 0 bridgehead atoms. The Labute approximate surface area is 124 Å². The molecular weight excluding hydrogens is 254 g/mol. The van der Waals surface area contributed by atoms with Gasteiger partial charge in [0.2, 0.25) is 0 Å². The standard InChI is InChI=1S/C20H15N/c21-15-10-11-18-16-8-4-5-9-17(16)19(20(18)13-15)12-14-6-2-1-3-7-14/h1-13H,21H2/b19-12+. The molecule has 0 radical (unpaired) electrons. The molecule has 0 saturated carbocycles. The normalized spacial score (nSPS) is 14.0. The van der Waals surface area contributed by atoms with Crippen LogP contribution in [0.4, 0.5) is 5.69 Å². The van der Waals surface area contributed by atoms with Crippen LogP contribution in [0.2, 0.25) is 0 Å². The molecule has 0 atom stereocenters. The molecule has 3 aromatic carbocycles. The molecule has 21 heavy (non-hydrogen) atoms. The summed E-state index contributed by atoms with van der Waals surface area (Å²) in [6.07, 6.45) is 2.24. The highest BCUT2D eigenvalue weighted by Crippen LogP contribution is 2.45. The van der Waals surface area contributed by atoms with Crippen molar-refractivity contribution < 1.29 is 0 Å². The second-order valence-electron chi connectivity index (χ2n) is 5.32. The van der Waals surface area contributed by atoms with E-state index in [2.05, 4.69) is 66.7 Å². The molecule has 0 unspecified atom stereocenters. The maximum Gasteiger partial charge on any atom is 0.0320 e. The molecular formula is C20H15N. The van der Waals surface area contributed by atoms with E-state index in [1.165, 1.54) is 33.4 Å². The minimum atomic E-state index is 0.806. The highest BCUT2D eigenvalue weighted by Gasteiger charge is 2.22. The van der Waals surface area contributed by atoms with Crippen LogP contribution in [0.1, 0.15) is 16.7 Å². The zero-order chi connectivity index (χ0) is 14.2. The fraction of sp³-hybridized carbons (Fsp3) is 0. The van der Waals surface area contributed by atoms with Crippen molar-refractivity contribution in [2.24, 2.45) is 0 Å². The van der Waals surface area contributed by atoms with Crippen LogP contribution < -0.4 is 5.73 Å². The second-order valence-corrected chi connectivity index (χ2v) is 5.32. The number of nitrogen functional groups attached to an aromatic ring is 1. The number of anilines is 1. The summed E-state index contributed by atoms with van der Waals surface area (Å²) in [7, 11) is 0. The SMILES string of the molecule is Nc1ccc2c(c1)/C(=C/c1ccccc1)c1ccccc1-2. The van der Waals surface area contributed by atoms with Gasteiger partial charge in [0.25, 0.3) is 0 Å². The lowest BCUT2D eigenvalue weighted by Gasteiger charge is -2.04. The van der Waals surface area contributed by atoms with Crippen LogP contribution in [0.3, 0.4) is 0 Å². The van der Waals surface area contributed by atoms with Crippen molar-refractivity contribution in [2.75, 3.05) is 5.73 Å². The van der Waals surface area contributed by atoms with E-state index in [4.69, 9.17) is 5.73 Å². The number of nitrogens with two attached hydrogens (primary N) is 1. The van der Waals surface area contributed by atoms with Gasteiger partial charge in [0.05, 0.1) is 0 Å². The smallest absolute Gasteiger partial charge is 0.0320 e. The molecule has 1 nitrogen and oxygen atoms in total. The Morgan fingerprint density at radius 2 is 1.29 bits per heavy atom. The third kappa shape index (κ3) is 1.95. The minimum Gasteiger partial charge on any atom is -0.399 e. The van der Waals surface area contributed by atoms with Crippen molar-refractivity contribution in [3.8, 4) is 11.1 Å². The van der Waals surface area contributed by atoms with Gasteiger partial charge in [-0.1, -0.05) is 60.7 Å². The number of rotatable bonds is 1. The van der Waals surface area contributed by atoms with Crippen LogP contribution in [-0.4, -0.2) is 0 Å². The van der Waals surface area contributed by atoms with Crippen LogP contribution in [0.5, 0.6) is 0 Å². The molecule has 0 aliphatic heterocycles. The Balaban J connectivity index is 1.99. The first-order chi connectivity index (χ1) is 10.3. The first-order valence-corrected chi connectivity index (χ1v) is 7.09. The fourth-order valence-electron chi connectivity index (χ4n) is 2.99. The number of benzene rings is 3. The van der Waals surface area contributed by atoms with Gasteiger partial charge in [0.1, 0.15) is 0 Å². The summed E-state index contributed by atoms with van der Waals surface area (Å²) < 4.78 is 0. The quantitative estimate of drug-likeness (QED) is 0.492. The maximum absolute atomic E-state index is 5.99. The highest BCUT2D eigenvalue weighted by atomic mass is 14.5. The Kier molecular flexibility index (Phi) is 2.65. The van der Waals surface area contributed by atoms with Crippen molar-refractivity contribution in [1.82, 2.24) is 0 Å². The van der Waals surface area contributed by atoms with Gasteiger partial charge in [0.15, 0.2) is 0 Å². The summed E-state index contributed by atoms with van der Waals surface area (Å²) in [5, 5.41) is 0. The molecule has 0 aromatic heterocycles. The molecule has 0 spiro atoms. The van der Waals surface area contributed by atoms with Crippen LogP contribution in [-0.2, 0) is 0 Å². The summed E-state index contributed by atoms with van der Waals surface area (Å²) in [5.41, 5.74) is 14.3. The third-order valence-electron chi connectivity index (χ3n) is 3.95. The van der Waals surface area contributed by atoms with E-state index in [9.17, 15) is 0 Å². The second kappa shape index (κ2) is 4.64. The first kappa shape index (κ1) is 12.0. The maximum atomic E-state index is 5.99. The van der Waals surface area contributed by atoms with E-state index in [1.807, 2.05) is 12.1 Å². The lowest BCUT2D eigenvalue weighted by atomic mass is 10.0. The van der Waals surface area contributed by atoms with Gasteiger partial charge in [0, 0.05) is 5.69 Å². The van der Waals surface area contributed by atoms with Gasteiger partial charge in [-0.05, 0) is 51.6 Å². The third-order valence-corrected chi connectivity index (χ3v) is 3.95.